The second-order valence-corrected chi connectivity index (χ2v) is 9.07. The Morgan fingerprint density at radius 1 is 1.07 bits per heavy atom. The van der Waals surface area contributed by atoms with E-state index in [0.29, 0.717) is 14.9 Å². The minimum absolute atomic E-state index is 0.281. The highest BCUT2D eigenvalue weighted by atomic mass is 79.9. The summed E-state index contributed by atoms with van der Waals surface area (Å²) in [6.07, 6.45) is 1.79. The van der Waals surface area contributed by atoms with Crippen LogP contribution in [0, 0.1) is 6.92 Å². The molecule has 1 aliphatic rings. The summed E-state index contributed by atoms with van der Waals surface area (Å²) >= 11 is 10.1. The van der Waals surface area contributed by atoms with Gasteiger partial charge in [0.2, 0.25) is 0 Å². The molecular weight excluding hydrogens is 470 g/mol. The number of aromatic nitrogens is 2. The van der Waals surface area contributed by atoms with Crippen molar-refractivity contribution < 1.29 is 4.79 Å². The number of hydrogen-bond acceptors (Lipinski definition) is 4. The van der Waals surface area contributed by atoms with E-state index in [4.69, 9.17) is 12.2 Å². The number of carbonyl (C=O) groups excluding carboxylic acids is 1. The van der Waals surface area contributed by atoms with Crippen molar-refractivity contribution in [1.82, 2.24) is 9.36 Å². The molecule has 1 aliphatic heterocycles. The van der Waals surface area contributed by atoms with Crippen LogP contribution in [-0.4, -0.2) is 19.6 Å². The fourth-order valence-corrected chi connectivity index (χ4v) is 4.91. The molecule has 1 aromatic heterocycles. The Morgan fingerprint density at radius 2 is 1.79 bits per heavy atom. The van der Waals surface area contributed by atoms with Gasteiger partial charge in [0.05, 0.1) is 16.3 Å². The molecule has 5 nitrogen and oxygen atoms in total. The summed E-state index contributed by atoms with van der Waals surface area (Å²) in [5.74, 6) is -0.286. The lowest BCUT2D eigenvalue weighted by molar-refractivity contribution is -0.113. The summed E-state index contributed by atoms with van der Waals surface area (Å²) in [6.45, 7) is 1.81. The van der Waals surface area contributed by atoms with Gasteiger partial charge in [0, 0.05) is 11.5 Å². The standard InChI is InChI=1S/C21H16BrN3O2S2/c1-13-18(20(27)25(23(13)2)16-9-4-3-5-10-16)24-19(26)17(29-21(24)28)12-14-7-6-8-15(22)11-14/h3-12H,1-2H3. The average molecular weight is 486 g/mol. The Morgan fingerprint density at radius 3 is 2.48 bits per heavy atom. The van der Waals surface area contributed by atoms with Crippen LogP contribution in [0.5, 0.6) is 0 Å². The van der Waals surface area contributed by atoms with E-state index in [1.165, 1.54) is 16.7 Å². The number of para-hydroxylation sites is 1. The summed E-state index contributed by atoms with van der Waals surface area (Å²) in [7, 11) is 1.79. The molecule has 0 aliphatic carbocycles. The maximum absolute atomic E-state index is 13.3. The number of thioether (sulfide) groups is 1. The van der Waals surface area contributed by atoms with Crippen molar-refractivity contribution in [3.63, 3.8) is 0 Å². The second kappa shape index (κ2) is 7.78. The van der Waals surface area contributed by atoms with Crippen LogP contribution in [0.15, 0.2) is 68.8 Å². The molecule has 0 atom stereocenters. The van der Waals surface area contributed by atoms with Crippen LogP contribution in [0.25, 0.3) is 11.8 Å². The number of thiocarbonyl (C=S) groups is 1. The van der Waals surface area contributed by atoms with Gasteiger partial charge < -0.3 is 0 Å². The van der Waals surface area contributed by atoms with Gasteiger partial charge in [-0.25, -0.2) is 4.68 Å². The van der Waals surface area contributed by atoms with E-state index in [2.05, 4.69) is 15.9 Å². The molecule has 3 aromatic rings. The Labute approximate surface area is 185 Å². The zero-order valence-corrected chi connectivity index (χ0v) is 18.8. The molecule has 1 saturated heterocycles. The van der Waals surface area contributed by atoms with Crippen LogP contribution >= 0.6 is 39.9 Å². The fourth-order valence-electron chi connectivity index (χ4n) is 3.22. The van der Waals surface area contributed by atoms with Gasteiger partial charge in [0.25, 0.3) is 11.5 Å². The van der Waals surface area contributed by atoms with Crippen molar-refractivity contribution in [2.45, 2.75) is 6.92 Å². The van der Waals surface area contributed by atoms with Crippen LogP contribution in [0.3, 0.4) is 0 Å². The first kappa shape index (κ1) is 19.9. The third-order valence-corrected chi connectivity index (χ3v) is 6.48. The maximum Gasteiger partial charge on any atom is 0.296 e. The van der Waals surface area contributed by atoms with E-state index >= 15 is 0 Å². The third-order valence-electron chi connectivity index (χ3n) is 4.69. The first-order valence-electron chi connectivity index (χ1n) is 8.76. The molecule has 0 spiro atoms. The molecule has 29 heavy (non-hydrogen) atoms. The Hall–Kier alpha value is -2.42. The van der Waals surface area contributed by atoms with Crippen molar-refractivity contribution in [3.05, 3.63) is 85.6 Å². The van der Waals surface area contributed by atoms with Crippen LogP contribution in [0.1, 0.15) is 11.3 Å². The highest BCUT2D eigenvalue weighted by Crippen LogP contribution is 2.36. The molecule has 4 rings (SSSR count). The van der Waals surface area contributed by atoms with Crippen molar-refractivity contribution >= 4 is 61.9 Å². The van der Waals surface area contributed by atoms with E-state index in [1.54, 1.807) is 22.5 Å². The number of hydrogen-bond donors (Lipinski definition) is 0. The molecule has 0 bridgehead atoms. The van der Waals surface area contributed by atoms with Gasteiger partial charge in [-0.1, -0.05) is 70.2 Å². The predicted octanol–water partition coefficient (Wildman–Crippen LogP) is 4.65. The van der Waals surface area contributed by atoms with E-state index in [-0.39, 0.29) is 17.2 Å². The first-order chi connectivity index (χ1) is 13.9. The van der Waals surface area contributed by atoms with Crippen LogP contribution < -0.4 is 10.5 Å². The second-order valence-electron chi connectivity index (χ2n) is 6.48. The van der Waals surface area contributed by atoms with Gasteiger partial charge in [0.1, 0.15) is 5.69 Å². The average Bonchev–Trinajstić information content (AvgIpc) is 3.08. The summed E-state index contributed by atoms with van der Waals surface area (Å²) in [6, 6.07) is 17.0. The van der Waals surface area contributed by atoms with Gasteiger partial charge in [-0.05, 0) is 42.8 Å². The smallest absolute Gasteiger partial charge is 0.283 e. The highest BCUT2D eigenvalue weighted by Gasteiger charge is 2.37. The Balaban J connectivity index is 1.79. The molecule has 0 saturated carbocycles. The number of nitrogens with zero attached hydrogens (tertiary/aromatic N) is 3. The van der Waals surface area contributed by atoms with Gasteiger partial charge in [-0.3, -0.25) is 19.2 Å². The molecular formula is C21H16BrN3O2S2. The van der Waals surface area contributed by atoms with Crippen molar-refractivity contribution in [2.75, 3.05) is 4.90 Å². The minimum atomic E-state index is -0.286. The van der Waals surface area contributed by atoms with E-state index in [0.717, 1.165) is 15.7 Å². The zero-order valence-electron chi connectivity index (χ0n) is 15.6. The van der Waals surface area contributed by atoms with Gasteiger partial charge in [0.15, 0.2) is 4.32 Å². The lowest BCUT2D eigenvalue weighted by Gasteiger charge is -2.12. The molecule has 146 valence electrons. The molecule has 0 N–H and O–H groups in total. The molecule has 0 radical (unpaired) electrons. The van der Waals surface area contributed by atoms with Crippen molar-refractivity contribution in [2.24, 2.45) is 7.05 Å². The quantitative estimate of drug-likeness (QED) is 0.400. The monoisotopic (exact) mass is 485 g/mol. The molecule has 2 heterocycles. The van der Waals surface area contributed by atoms with Gasteiger partial charge in [-0.15, -0.1) is 0 Å². The lowest BCUT2D eigenvalue weighted by Crippen LogP contribution is -2.33. The van der Waals surface area contributed by atoms with E-state index in [9.17, 15) is 9.59 Å². The summed E-state index contributed by atoms with van der Waals surface area (Å²) in [5, 5.41) is 0. The third kappa shape index (κ3) is 3.52. The van der Waals surface area contributed by atoms with Gasteiger partial charge in [-0.2, -0.15) is 0 Å². The first-order valence-corrected chi connectivity index (χ1v) is 10.8. The van der Waals surface area contributed by atoms with Crippen LogP contribution in [0.4, 0.5) is 5.69 Å². The Bertz CT molecular complexity index is 1230. The molecule has 0 unspecified atom stereocenters. The summed E-state index contributed by atoms with van der Waals surface area (Å²) < 4.78 is 4.55. The van der Waals surface area contributed by atoms with Crippen molar-refractivity contribution in [3.8, 4) is 5.69 Å². The lowest BCUT2D eigenvalue weighted by atomic mass is 10.2. The summed E-state index contributed by atoms with van der Waals surface area (Å²) in [4.78, 5) is 28.2. The molecule has 1 fully saturated rings. The Kier molecular flexibility index (Phi) is 5.33. The predicted molar refractivity (Wildman–Crippen MR) is 126 cm³/mol. The van der Waals surface area contributed by atoms with Crippen LogP contribution in [0.2, 0.25) is 0 Å². The number of amides is 1. The number of rotatable bonds is 3. The topological polar surface area (TPSA) is 47.2 Å². The number of anilines is 1. The molecule has 2 aromatic carbocycles. The van der Waals surface area contributed by atoms with E-state index < -0.39 is 0 Å². The molecule has 1 amide bonds. The van der Waals surface area contributed by atoms with Crippen molar-refractivity contribution in [1.29, 1.82) is 0 Å². The molecule has 8 heteroatoms. The number of carbonyl (C=O) groups is 1. The largest absolute Gasteiger partial charge is 0.296 e. The number of halogens is 1. The fraction of sp³-hybridized carbons (Fsp3) is 0.0952. The minimum Gasteiger partial charge on any atom is -0.283 e. The van der Waals surface area contributed by atoms with E-state index in [1.807, 2.05) is 61.5 Å². The highest BCUT2D eigenvalue weighted by molar-refractivity contribution is 9.10. The summed E-state index contributed by atoms with van der Waals surface area (Å²) in [5.41, 5.74) is 2.28. The maximum atomic E-state index is 13.3. The van der Waals surface area contributed by atoms with Crippen LogP contribution in [-0.2, 0) is 11.8 Å². The SMILES string of the molecule is Cc1c(N2C(=O)C(=Cc3cccc(Br)c3)SC2=S)c(=O)n(-c2ccccc2)n1C. The normalized spacial score (nSPS) is 15.6. The zero-order chi connectivity index (χ0) is 20.7. The number of benzene rings is 2. The van der Waals surface area contributed by atoms with Gasteiger partial charge >= 0.3 is 0 Å².